The predicted molar refractivity (Wildman–Crippen MR) is 88.4 cm³/mol. The molecule has 1 N–H and O–H groups in total. The molecule has 0 spiro atoms. The van der Waals surface area contributed by atoms with Crippen molar-refractivity contribution < 1.29 is 0 Å². The first-order chi connectivity index (χ1) is 9.43. The lowest BCUT2D eigenvalue weighted by Gasteiger charge is -2.21. The van der Waals surface area contributed by atoms with Gasteiger partial charge in [-0.25, -0.2) is 4.98 Å². The highest BCUT2D eigenvalue weighted by Crippen LogP contribution is 2.20. The number of nitrogens with zero attached hydrogens (tertiary/aromatic N) is 2. The van der Waals surface area contributed by atoms with Gasteiger partial charge in [0.1, 0.15) is 5.82 Å². The third-order valence-electron chi connectivity index (χ3n) is 3.14. The van der Waals surface area contributed by atoms with Gasteiger partial charge in [0, 0.05) is 25.8 Å². The first-order valence-electron chi connectivity index (χ1n) is 7.51. The standard InChI is InChI=1S/C17H29N3/c1-7-8-18-11-15-9-16(14(4)5)19-17(10-15)20(6)12-13(2)3/h9-10,14,18H,2,7-8,11-12H2,1,3-6H3. The maximum Gasteiger partial charge on any atom is 0.129 e. The molecule has 0 bridgehead atoms. The van der Waals surface area contributed by atoms with Crippen molar-refractivity contribution in [1.29, 1.82) is 0 Å². The third-order valence-corrected chi connectivity index (χ3v) is 3.14. The molecule has 0 aromatic carbocycles. The van der Waals surface area contributed by atoms with E-state index in [4.69, 9.17) is 4.98 Å². The van der Waals surface area contributed by atoms with E-state index in [0.29, 0.717) is 5.92 Å². The molecule has 0 saturated heterocycles. The molecule has 0 aliphatic rings. The topological polar surface area (TPSA) is 28.2 Å². The largest absolute Gasteiger partial charge is 0.356 e. The highest BCUT2D eigenvalue weighted by atomic mass is 15.2. The van der Waals surface area contributed by atoms with Crippen LogP contribution in [0.25, 0.3) is 0 Å². The van der Waals surface area contributed by atoms with Gasteiger partial charge in [0.2, 0.25) is 0 Å². The van der Waals surface area contributed by atoms with Crippen LogP contribution < -0.4 is 10.2 Å². The molecule has 0 amide bonds. The van der Waals surface area contributed by atoms with Crippen LogP contribution in [-0.2, 0) is 6.54 Å². The van der Waals surface area contributed by atoms with Gasteiger partial charge in [0.25, 0.3) is 0 Å². The molecule has 0 atom stereocenters. The quantitative estimate of drug-likeness (QED) is 0.579. The molecule has 0 radical (unpaired) electrons. The number of nitrogens with one attached hydrogen (secondary N) is 1. The SMILES string of the molecule is C=C(C)CN(C)c1cc(CNCCC)cc(C(C)C)n1. The Morgan fingerprint density at radius 2 is 2.10 bits per heavy atom. The van der Waals surface area contributed by atoms with Gasteiger partial charge in [0.15, 0.2) is 0 Å². The van der Waals surface area contributed by atoms with Crippen LogP contribution in [-0.4, -0.2) is 25.1 Å². The molecule has 1 aromatic rings. The summed E-state index contributed by atoms with van der Waals surface area (Å²) in [6, 6.07) is 4.39. The second-order valence-corrected chi connectivity index (χ2v) is 5.90. The van der Waals surface area contributed by atoms with Gasteiger partial charge in [0.05, 0.1) is 0 Å². The van der Waals surface area contributed by atoms with Crippen molar-refractivity contribution in [2.24, 2.45) is 0 Å². The molecule has 0 aliphatic heterocycles. The minimum Gasteiger partial charge on any atom is -0.356 e. The summed E-state index contributed by atoms with van der Waals surface area (Å²) < 4.78 is 0. The minimum atomic E-state index is 0.443. The Hall–Kier alpha value is -1.35. The van der Waals surface area contributed by atoms with Crippen molar-refractivity contribution in [2.75, 3.05) is 25.0 Å². The van der Waals surface area contributed by atoms with Crippen LogP contribution in [0.5, 0.6) is 0 Å². The van der Waals surface area contributed by atoms with Crippen LogP contribution in [0.1, 0.15) is 51.3 Å². The van der Waals surface area contributed by atoms with Crippen LogP contribution >= 0.6 is 0 Å². The van der Waals surface area contributed by atoms with Crippen LogP contribution in [0.3, 0.4) is 0 Å². The highest BCUT2D eigenvalue weighted by Gasteiger charge is 2.09. The van der Waals surface area contributed by atoms with Crippen LogP contribution in [0, 0.1) is 0 Å². The zero-order chi connectivity index (χ0) is 15.1. The Morgan fingerprint density at radius 1 is 1.40 bits per heavy atom. The maximum absolute atomic E-state index is 4.77. The van der Waals surface area contributed by atoms with Crippen molar-refractivity contribution in [1.82, 2.24) is 10.3 Å². The molecule has 3 nitrogen and oxygen atoms in total. The molecule has 112 valence electrons. The Balaban J connectivity index is 2.94. The summed E-state index contributed by atoms with van der Waals surface area (Å²) in [6.45, 7) is 15.4. The van der Waals surface area contributed by atoms with E-state index in [0.717, 1.165) is 43.1 Å². The van der Waals surface area contributed by atoms with E-state index in [1.807, 2.05) is 6.92 Å². The minimum absolute atomic E-state index is 0.443. The molecule has 20 heavy (non-hydrogen) atoms. The van der Waals surface area contributed by atoms with Crippen molar-refractivity contribution in [3.05, 3.63) is 35.5 Å². The summed E-state index contributed by atoms with van der Waals surface area (Å²) in [6.07, 6.45) is 1.16. The molecule has 0 fully saturated rings. The van der Waals surface area contributed by atoms with Crippen molar-refractivity contribution >= 4 is 5.82 Å². The Kier molecular flexibility index (Phi) is 6.73. The summed E-state index contributed by atoms with van der Waals surface area (Å²) >= 11 is 0. The number of likely N-dealkylation sites (N-methyl/N-ethyl adjacent to an activating group) is 1. The van der Waals surface area contributed by atoms with Crippen LogP contribution in [0.4, 0.5) is 5.82 Å². The Bertz CT molecular complexity index is 438. The molecule has 1 aromatic heterocycles. The summed E-state index contributed by atoms with van der Waals surface area (Å²) in [4.78, 5) is 6.94. The van der Waals surface area contributed by atoms with Gasteiger partial charge in [-0.05, 0) is 43.5 Å². The van der Waals surface area contributed by atoms with Gasteiger partial charge in [-0.3, -0.25) is 0 Å². The first kappa shape index (κ1) is 16.7. The molecule has 0 unspecified atom stereocenters. The number of hydrogen-bond donors (Lipinski definition) is 1. The van der Waals surface area contributed by atoms with Gasteiger partial charge in [-0.2, -0.15) is 0 Å². The second-order valence-electron chi connectivity index (χ2n) is 5.90. The van der Waals surface area contributed by atoms with E-state index >= 15 is 0 Å². The molecular weight excluding hydrogens is 246 g/mol. The van der Waals surface area contributed by atoms with Gasteiger partial charge >= 0.3 is 0 Å². The van der Waals surface area contributed by atoms with Gasteiger partial charge in [-0.1, -0.05) is 32.9 Å². The zero-order valence-corrected chi connectivity index (χ0v) is 13.7. The highest BCUT2D eigenvalue weighted by molar-refractivity contribution is 5.43. The smallest absolute Gasteiger partial charge is 0.129 e. The van der Waals surface area contributed by atoms with E-state index in [2.05, 4.69) is 56.7 Å². The number of aromatic nitrogens is 1. The molecule has 1 rings (SSSR count). The Morgan fingerprint density at radius 3 is 2.65 bits per heavy atom. The number of hydrogen-bond acceptors (Lipinski definition) is 3. The van der Waals surface area contributed by atoms with Crippen molar-refractivity contribution in [3.8, 4) is 0 Å². The second kappa shape index (κ2) is 8.05. The molecule has 0 aliphatic carbocycles. The van der Waals surface area contributed by atoms with Gasteiger partial charge < -0.3 is 10.2 Å². The zero-order valence-electron chi connectivity index (χ0n) is 13.7. The average Bonchev–Trinajstić information content (AvgIpc) is 2.38. The maximum atomic E-state index is 4.77. The predicted octanol–water partition coefficient (Wildman–Crippen LogP) is 3.72. The van der Waals surface area contributed by atoms with E-state index < -0.39 is 0 Å². The van der Waals surface area contributed by atoms with Gasteiger partial charge in [-0.15, -0.1) is 0 Å². The van der Waals surface area contributed by atoms with E-state index in [9.17, 15) is 0 Å². The van der Waals surface area contributed by atoms with Crippen molar-refractivity contribution in [2.45, 2.75) is 46.6 Å². The summed E-state index contributed by atoms with van der Waals surface area (Å²) in [5, 5.41) is 3.46. The fourth-order valence-corrected chi connectivity index (χ4v) is 2.08. The molecule has 1 heterocycles. The number of anilines is 1. The lowest BCUT2D eigenvalue weighted by Crippen LogP contribution is -2.22. The lowest BCUT2D eigenvalue weighted by atomic mass is 10.1. The van der Waals surface area contributed by atoms with E-state index in [1.54, 1.807) is 0 Å². The summed E-state index contributed by atoms with van der Waals surface area (Å²) in [5.74, 6) is 1.48. The third kappa shape index (κ3) is 5.33. The molecule has 3 heteroatoms. The van der Waals surface area contributed by atoms with Crippen LogP contribution in [0.15, 0.2) is 24.3 Å². The molecular formula is C17H29N3. The normalized spacial score (nSPS) is 10.9. The number of rotatable bonds is 8. The summed E-state index contributed by atoms with van der Waals surface area (Å²) in [7, 11) is 2.07. The fraction of sp³-hybridized carbons (Fsp3) is 0.588. The first-order valence-corrected chi connectivity index (χ1v) is 7.51. The fourth-order valence-electron chi connectivity index (χ4n) is 2.08. The van der Waals surface area contributed by atoms with Crippen molar-refractivity contribution in [3.63, 3.8) is 0 Å². The van der Waals surface area contributed by atoms with E-state index in [-0.39, 0.29) is 0 Å². The average molecular weight is 275 g/mol. The summed E-state index contributed by atoms with van der Waals surface area (Å²) in [5.41, 5.74) is 3.61. The Labute approximate surface area is 124 Å². The van der Waals surface area contributed by atoms with Crippen LogP contribution in [0.2, 0.25) is 0 Å². The van der Waals surface area contributed by atoms with E-state index in [1.165, 1.54) is 5.56 Å². The lowest BCUT2D eigenvalue weighted by molar-refractivity contribution is 0.672. The molecule has 0 saturated carbocycles. The monoisotopic (exact) mass is 275 g/mol. The number of pyridine rings is 1.